The molecule has 1 aromatic heterocycles. The van der Waals surface area contributed by atoms with Crippen LogP contribution in [-0.2, 0) is 17.8 Å². The quantitative estimate of drug-likeness (QED) is 0.498. The molecule has 6 nitrogen and oxygen atoms in total. The second kappa shape index (κ2) is 11.8. The standard InChI is InChI=1S/C29H38N4O2/c1-21(2)27(34)19-32-14-16-33(17-15-32)29-25(18-23-12-10-22(3)11-13-23)26(20-35-4)30-28(31-29)24-8-6-5-7-9-24/h5-13,21,27,34H,14-20H2,1-4H3/t27-/m1/s1. The first-order valence-corrected chi connectivity index (χ1v) is 12.6. The van der Waals surface area contributed by atoms with Gasteiger partial charge in [0.15, 0.2) is 5.82 Å². The van der Waals surface area contributed by atoms with Gasteiger partial charge in [0.1, 0.15) is 5.82 Å². The van der Waals surface area contributed by atoms with Crippen molar-refractivity contribution in [2.75, 3.05) is 44.7 Å². The molecule has 1 saturated heterocycles. The fraction of sp³-hybridized carbons (Fsp3) is 0.448. The molecule has 0 aliphatic carbocycles. The largest absolute Gasteiger partial charge is 0.392 e. The average Bonchev–Trinajstić information content (AvgIpc) is 2.87. The summed E-state index contributed by atoms with van der Waals surface area (Å²) < 4.78 is 5.60. The molecule has 186 valence electrons. The van der Waals surface area contributed by atoms with E-state index < -0.39 is 0 Å². The molecule has 0 saturated carbocycles. The van der Waals surface area contributed by atoms with E-state index in [1.165, 1.54) is 11.1 Å². The molecule has 4 rings (SSSR count). The Bertz CT molecular complexity index is 1080. The van der Waals surface area contributed by atoms with Crippen molar-refractivity contribution in [3.63, 3.8) is 0 Å². The molecule has 0 bridgehead atoms. The summed E-state index contributed by atoms with van der Waals surface area (Å²) >= 11 is 0. The Labute approximate surface area is 209 Å². The van der Waals surface area contributed by atoms with Crippen LogP contribution >= 0.6 is 0 Å². The lowest BCUT2D eigenvalue weighted by atomic mass is 10.0. The Morgan fingerprint density at radius 1 is 0.943 bits per heavy atom. The van der Waals surface area contributed by atoms with Gasteiger partial charge in [-0.15, -0.1) is 0 Å². The van der Waals surface area contributed by atoms with Crippen molar-refractivity contribution < 1.29 is 9.84 Å². The second-order valence-electron chi connectivity index (χ2n) is 9.86. The lowest BCUT2D eigenvalue weighted by molar-refractivity contribution is 0.0738. The van der Waals surface area contributed by atoms with E-state index in [1.807, 2.05) is 18.2 Å². The Morgan fingerprint density at radius 2 is 1.63 bits per heavy atom. The number of benzene rings is 2. The molecule has 1 aliphatic heterocycles. The minimum Gasteiger partial charge on any atom is -0.392 e. The molecule has 6 heteroatoms. The van der Waals surface area contributed by atoms with E-state index in [2.05, 4.69) is 67.0 Å². The number of hydrogen-bond acceptors (Lipinski definition) is 6. The van der Waals surface area contributed by atoms with E-state index >= 15 is 0 Å². The van der Waals surface area contributed by atoms with Gasteiger partial charge in [-0.1, -0.05) is 74.0 Å². The van der Waals surface area contributed by atoms with Gasteiger partial charge in [0, 0.05) is 57.4 Å². The van der Waals surface area contributed by atoms with Crippen molar-refractivity contribution in [2.24, 2.45) is 5.92 Å². The van der Waals surface area contributed by atoms with Crippen molar-refractivity contribution in [3.8, 4) is 11.4 Å². The number of nitrogens with zero attached hydrogens (tertiary/aromatic N) is 4. The van der Waals surface area contributed by atoms with Crippen LogP contribution in [0.15, 0.2) is 54.6 Å². The maximum absolute atomic E-state index is 10.4. The third-order valence-corrected chi connectivity index (χ3v) is 6.77. The highest BCUT2D eigenvalue weighted by atomic mass is 16.5. The van der Waals surface area contributed by atoms with Gasteiger partial charge in [0.05, 0.1) is 18.4 Å². The van der Waals surface area contributed by atoms with Crippen molar-refractivity contribution in [3.05, 3.63) is 77.0 Å². The predicted molar refractivity (Wildman–Crippen MR) is 142 cm³/mol. The smallest absolute Gasteiger partial charge is 0.161 e. The minimum absolute atomic E-state index is 0.265. The third-order valence-electron chi connectivity index (χ3n) is 6.77. The first kappa shape index (κ1) is 25.3. The normalized spacial score (nSPS) is 15.5. The number of ether oxygens (including phenoxy) is 1. The molecule has 2 aromatic carbocycles. The van der Waals surface area contributed by atoms with Gasteiger partial charge < -0.3 is 14.7 Å². The summed E-state index contributed by atoms with van der Waals surface area (Å²) in [6, 6.07) is 18.9. The summed E-state index contributed by atoms with van der Waals surface area (Å²) in [5.74, 6) is 1.99. The summed E-state index contributed by atoms with van der Waals surface area (Å²) in [6.07, 6.45) is 0.464. The van der Waals surface area contributed by atoms with Gasteiger partial charge in [0.25, 0.3) is 0 Å². The molecular formula is C29H38N4O2. The molecule has 0 radical (unpaired) electrons. The molecule has 1 N–H and O–H groups in total. The maximum Gasteiger partial charge on any atom is 0.161 e. The van der Waals surface area contributed by atoms with Gasteiger partial charge in [-0.05, 0) is 18.4 Å². The Hall–Kier alpha value is -2.80. The molecule has 1 fully saturated rings. The first-order valence-electron chi connectivity index (χ1n) is 12.6. The Morgan fingerprint density at radius 3 is 2.26 bits per heavy atom. The van der Waals surface area contributed by atoms with Gasteiger partial charge in [-0.2, -0.15) is 0 Å². The van der Waals surface area contributed by atoms with Crippen LogP contribution in [0.4, 0.5) is 5.82 Å². The minimum atomic E-state index is -0.296. The molecule has 0 unspecified atom stereocenters. The van der Waals surface area contributed by atoms with Crippen LogP contribution in [0, 0.1) is 12.8 Å². The molecule has 0 spiro atoms. The zero-order chi connectivity index (χ0) is 24.8. The SMILES string of the molecule is COCc1nc(-c2ccccc2)nc(N2CCN(C[C@@H](O)C(C)C)CC2)c1Cc1ccc(C)cc1. The van der Waals surface area contributed by atoms with Crippen LogP contribution in [0.1, 0.15) is 36.2 Å². The molecule has 1 atom stereocenters. The first-order chi connectivity index (χ1) is 16.9. The lowest BCUT2D eigenvalue weighted by Crippen LogP contribution is -2.49. The Balaban J connectivity index is 1.68. The number of methoxy groups -OCH3 is 1. The van der Waals surface area contributed by atoms with E-state index in [-0.39, 0.29) is 12.0 Å². The highest BCUT2D eigenvalue weighted by Crippen LogP contribution is 2.29. The number of aliphatic hydroxyl groups is 1. The summed E-state index contributed by atoms with van der Waals surface area (Å²) in [4.78, 5) is 14.8. The Kier molecular flexibility index (Phi) is 8.50. The average molecular weight is 475 g/mol. The summed E-state index contributed by atoms with van der Waals surface area (Å²) in [5, 5.41) is 10.4. The van der Waals surface area contributed by atoms with Crippen LogP contribution in [-0.4, -0.2) is 65.9 Å². The number of aryl methyl sites for hydroxylation is 1. The van der Waals surface area contributed by atoms with Crippen LogP contribution in [0.5, 0.6) is 0 Å². The topological polar surface area (TPSA) is 61.7 Å². The molecule has 3 aromatic rings. The lowest BCUT2D eigenvalue weighted by Gasteiger charge is -2.37. The molecular weight excluding hydrogens is 436 g/mol. The number of anilines is 1. The monoisotopic (exact) mass is 474 g/mol. The molecule has 35 heavy (non-hydrogen) atoms. The number of aliphatic hydroxyl groups excluding tert-OH is 1. The predicted octanol–water partition coefficient (Wildman–Crippen LogP) is 4.33. The summed E-state index contributed by atoms with van der Waals surface area (Å²) in [5.41, 5.74) is 5.57. The third kappa shape index (κ3) is 6.45. The van der Waals surface area contributed by atoms with Crippen molar-refractivity contribution in [1.29, 1.82) is 0 Å². The van der Waals surface area contributed by atoms with Crippen LogP contribution in [0.25, 0.3) is 11.4 Å². The highest BCUT2D eigenvalue weighted by molar-refractivity contribution is 5.61. The van der Waals surface area contributed by atoms with Gasteiger partial charge in [-0.3, -0.25) is 4.90 Å². The molecule has 0 amide bonds. The fourth-order valence-corrected chi connectivity index (χ4v) is 4.46. The highest BCUT2D eigenvalue weighted by Gasteiger charge is 2.25. The summed E-state index contributed by atoms with van der Waals surface area (Å²) in [6.45, 7) is 10.9. The number of β-amino-alcohol motifs (C(OH)–C–C–N with tert-alkyl or cyclic N) is 1. The van der Waals surface area contributed by atoms with Crippen LogP contribution < -0.4 is 4.90 Å². The van der Waals surface area contributed by atoms with Gasteiger partial charge in [0.2, 0.25) is 0 Å². The van der Waals surface area contributed by atoms with Gasteiger partial charge in [-0.25, -0.2) is 9.97 Å². The molecule has 1 aliphatic rings. The fourth-order valence-electron chi connectivity index (χ4n) is 4.46. The van der Waals surface area contributed by atoms with Crippen molar-refractivity contribution in [1.82, 2.24) is 14.9 Å². The zero-order valence-electron chi connectivity index (χ0n) is 21.4. The zero-order valence-corrected chi connectivity index (χ0v) is 21.4. The van der Waals surface area contributed by atoms with E-state index in [0.717, 1.165) is 67.6 Å². The van der Waals surface area contributed by atoms with Crippen molar-refractivity contribution >= 4 is 5.82 Å². The van der Waals surface area contributed by atoms with Crippen LogP contribution in [0.3, 0.4) is 0 Å². The number of aromatic nitrogens is 2. The number of piperazine rings is 1. The molecule has 2 heterocycles. The van der Waals surface area contributed by atoms with Gasteiger partial charge >= 0.3 is 0 Å². The number of rotatable bonds is 9. The summed E-state index contributed by atoms with van der Waals surface area (Å²) in [7, 11) is 1.72. The van der Waals surface area contributed by atoms with Crippen LogP contribution in [0.2, 0.25) is 0 Å². The van der Waals surface area contributed by atoms with Crippen molar-refractivity contribution in [2.45, 2.75) is 39.9 Å². The van der Waals surface area contributed by atoms with E-state index in [9.17, 15) is 5.11 Å². The number of hydrogen-bond donors (Lipinski definition) is 1. The van der Waals surface area contributed by atoms with E-state index in [4.69, 9.17) is 14.7 Å². The van der Waals surface area contributed by atoms with E-state index in [0.29, 0.717) is 6.61 Å². The van der Waals surface area contributed by atoms with E-state index in [1.54, 1.807) is 7.11 Å². The second-order valence-corrected chi connectivity index (χ2v) is 9.86. The maximum atomic E-state index is 10.4.